The van der Waals surface area contributed by atoms with E-state index in [9.17, 15) is 14.7 Å². The van der Waals surface area contributed by atoms with Gasteiger partial charge in [0.15, 0.2) is 0 Å². The zero-order chi connectivity index (χ0) is 16.1. The topological polar surface area (TPSA) is 87.5 Å². The summed E-state index contributed by atoms with van der Waals surface area (Å²) in [5.41, 5.74) is 1.04. The van der Waals surface area contributed by atoms with Crippen LogP contribution in [0.5, 0.6) is 0 Å². The van der Waals surface area contributed by atoms with Crippen LogP contribution in [0.2, 0.25) is 0 Å². The smallest absolute Gasteiger partial charge is 0.243 e. The summed E-state index contributed by atoms with van der Waals surface area (Å²) in [7, 11) is 1.84. The fourth-order valence-corrected chi connectivity index (χ4v) is 2.79. The minimum absolute atomic E-state index is 0.0193. The summed E-state index contributed by atoms with van der Waals surface area (Å²) >= 11 is 0. The van der Waals surface area contributed by atoms with Crippen molar-refractivity contribution >= 4 is 11.8 Å². The van der Waals surface area contributed by atoms with E-state index in [1.807, 2.05) is 13.2 Å². The van der Waals surface area contributed by atoms with Crippen molar-refractivity contribution in [1.29, 1.82) is 0 Å². The van der Waals surface area contributed by atoms with Crippen molar-refractivity contribution in [2.75, 3.05) is 26.2 Å². The van der Waals surface area contributed by atoms with E-state index in [1.54, 1.807) is 15.8 Å². The largest absolute Gasteiger partial charge is 0.396 e. The second-order valence-corrected chi connectivity index (χ2v) is 5.54. The molecule has 2 amide bonds. The molecule has 0 spiro atoms. The molecule has 2 heterocycles. The summed E-state index contributed by atoms with van der Waals surface area (Å²) in [5.74, 6) is -0.175. The van der Waals surface area contributed by atoms with Gasteiger partial charge < -0.3 is 15.3 Å². The number of carbonyl (C=O) groups excluding carboxylic acids is 2. The molecule has 1 aliphatic heterocycles. The lowest BCUT2D eigenvalue weighted by Crippen LogP contribution is -2.33. The van der Waals surface area contributed by atoms with E-state index in [2.05, 4.69) is 17.0 Å². The van der Waals surface area contributed by atoms with Gasteiger partial charge in [-0.3, -0.25) is 14.3 Å². The van der Waals surface area contributed by atoms with E-state index < -0.39 is 0 Å². The summed E-state index contributed by atoms with van der Waals surface area (Å²) in [6, 6.07) is 0. The molecule has 7 heteroatoms. The summed E-state index contributed by atoms with van der Waals surface area (Å²) < 4.78 is 1.72. The molecule has 0 saturated carbocycles. The summed E-state index contributed by atoms with van der Waals surface area (Å²) in [6.07, 6.45) is 5.13. The number of likely N-dealkylation sites (tertiary alicyclic amines) is 1. The van der Waals surface area contributed by atoms with Crippen molar-refractivity contribution in [2.45, 2.75) is 12.3 Å². The third kappa shape index (κ3) is 3.73. The molecule has 2 N–H and O–H groups in total. The molecule has 2 rings (SSSR count). The Bertz CT molecular complexity index is 555. The van der Waals surface area contributed by atoms with Gasteiger partial charge in [0.2, 0.25) is 11.8 Å². The van der Waals surface area contributed by atoms with Crippen LogP contribution in [0.25, 0.3) is 0 Å². The second-order valence-electron chi connectivity index (χ2n) is 5.54. The van der Waals surface area contributed by atoms with Crippen molar-refractivity contribution in [3.8, 4) is 0 Å². The first-order valence-electron chi connectivity index (χ1n) is 7.32. The third-order valence-electron chi connectivity index (χ3n) is 4.00. The molecule has 0 aromatic carbocycles. The molecule has 0 unspecified atom stereocenters. The standard InChI is InChI=1S/C15H22N4O3/c1-3-14(21)16-5-4-15(22)19-8-12(10-20)13(9-19)11-6-17-18(2)7-11/h3,6-7,12-13,20H,1,4-5,8-10H2,2H3,(H,16,21)/t12-,13-/m0/s1. The molecule has 7 nitrogen and oxygen atoms in total. The predicted molar refractivity (Wildman–Crippen MR) is 80.9 cm³/mol. The molecule has 0 aliphatic carbocycles. The quantitative estimate of drug-likeness (QED) is 0.703. The predicted octanol–water partition coefficient (Wildman–Crippen LogP) is -0.353. The Morgan fingerprint density at radius 2 is 2.32 bits per heavy atom. The molecular weight excluding hydrogens is 284 g/mol. The molecule has 120 valence electrons. The zero-order valence-electron chi connectivity index (χ0n) is 12.7. The van der Waals surface area contributed by atoms with Crippen LogP contribution >= 0.6 is 0 Å². The van der Waals surface area contributed by atoms with E-state index in [0.717, 1.165) is 5.56 Å². The van der Waals surface area contributed by atoms with Gasteiger partial charge in [0.05, 0.1) is 6.20 Å². The summed E-state index contributed by atoms with van der Waals surface area (Å²) in [5, 5.41) is 16.3. The number of nitrogens with zero attached hydrogens (tertiary/aromatic N) is 3. The number of aryl methyl sites for hydroxylation is 1. The maximum atomic E-state index is 12.2. The Hall–Kier alpha value is -2.15. The van der Waals surface area contributed by atoms with Crippen molar-refractivity contribution < 1.29 is 14.7 Å². The molecule has 22 heavy (non-hydrogen) atoms. The Morgan fingerprint density at radius 3 is 2.91 bits per heavy atom. The van der Waals surface area contributed by atoms with Crippen LogP contribution in [0.1, 0.15) is 17.9 Å². The van der Waals surface area contributed by atoms with Gasteiger partial charge in [0, 0.05) is 57.7 Å². The van der Waals surface area contributed by atoms with Gasteiger partial charge in [-0.15, -0.1) is 0 Å². The Balaban J connectivity index is 1.92. The number of hydrogen-bond donors (Lipinski definition) is 2. The summed E-state index contributed by atoms with van der Waals surface area (Å²) in [4.78, 5) is 25.0. The van der Waals surface area contributed by atoms with Crippen molar-refractivity contribution in [2.24, 2.45) is 13.0 Å². The Labute approximate surface area is 129 Å². The van der Waals surface area contributed by atoms with Crippen molar-refractivity contribution in [3.63, 3.8) is 0 Å². The van der Waals surface area contributed by atoms with Gasteiger partial charge >= 0.3 is 0 Å². The van der Waals surface area contributed by atoms with Crippen LogP contribution < -0.4 is 5.32 Å². The molecule has 1 aromatic heterocycles. The SMILES string of the molecule is C=CC(=O)NCCC(=O)N1C[C@@H](CO)[C@H](c2cnn(C)c2)C1. The lowest BCUT2D eigenvalue weighted by molar-refractivity contribution is -0.130. The number of aliphatic hydroxyl groups is 1. The van der Waals surface area contributed by atoms with Gasteiger partial charge in [-0.2, -0.15) is 5.10 Å². The van der Waals surface area contributed by atoms with Gasteiger partial charge in [0.1, 0.15) is 0 Å². The number of aromatic nitrogens is 2. The van der Waals surface area contributed by atoms with Gasteiger partial charge in [-0.25, -0.2) is 0 Å². The Morgan fingerprint density at radius 1 is 1.55 bits per heavy atom. The number of hydrogen-bond acceptors (Lipinski definition) is 4. The fourth-order valence-electron chi connectivity index (χ4n) is 2.79. The molecular formula is C15H22N4O3. The molecule has 1 aromatic rings. The third-order valence-corrected chi connectivity index (χ3v) is 4.00. The molecule has 0 bridgehead atoms. The highest BCUT2D eigenvalue weighted by Gasteiger charge is 2.36. The minimum atomic E-state index is -0.282. The average molecular weight is 306 g/mol. The second kappa shape index (κ2) is 7.22. The van der Waals surface area contributed by atoms with E-state index in [-0.39, 0.29) is 36.7 Å². The first kappa shape index (κ1) is 16.2. The Kier molecular flexibility index (Phi) is 5.32. The monoisotopic (exact) mass is 306 g/mol. The lowest BCUT2D eigenvalue weighted by atomic mass is 9.92. The van der Waals surface area contributed by atoms with E-state index >= 15 is 0 Å². The van der Waals surface area contributed by atoms with Crippen LogP contribution in [0, 0.1) is 5.92 Å². The van der Waals surface area contributed by atoms with Crippen molar-refractivity contribution in [3.05, 3.63) is 30.6 Å². The van der Waals surface area contributed by atoms with E-state index in [4.69, 9.17) is 0 Å². The minimum Gasteiger partial charge on any atom is -0.396 e. The number of carbonyl (C=O) groups is 2. The number of rotatable bonds is 6. The highest BCUT2D eigenvalue weighted by molar-refractivity contribution is 5.87. The molecule has 2 atom stereocenters. The highest BCUT2D eigenvalue weighted by Crippen LogP contribution is 2.32. The molecule has 1 aliphatic rings. The van der Waals surface area contributed by atoms with Crippen LogP contribution in [0.4, 0.5) is 0 Å². The van der Waals surface area contributed by atoms with Crippen molar-refractivity contribution in [1.82, 2.24) is 20.0 Å². The van der Waals surface area contributed by atoms with Crippen LogP contribution in [-0.4, -0.2) is 57.8 Å². The van der Waals surface area contributed by atoms with Gasteiger partial charge in [-0.05, 0) is 11.6 Å². The number of aliphatic hydroxyl groups excluding tert-OH is 1. The highest BCUT2D eigenvalue weighted by atomic mass is 16.3. The first-order chi connectivity index (χ1) is 10.5. The van der Waals surface area contributed by atoms with Crippen LogP contribution in [0.15, 0.2) is 25.0 Å². The fraction of sp³-hybridized carbons (Fsp3) is 0.533. The van der Waals surface area contributed by atoms with E-state index in [0.29, 0.717) is 19.6 Å². The van der Waals surface area contributed by atoms with Gasteiger partial charge in [-0.1, -0.05) is 6.58 Å². The zero-order valence-corrected chi connectivity index (χ0v) is 12.7. The average Bonchev–Trinajstić information content (AvgIpc) is 3.12. The number of nitrogens with one attached hydrogen (secondary N) is 1. The first-order valence-corrected chi connectivity index (χ1v) is 7.32. The summed E-state index contributed by atoms with van der Waals surface area (Å²) in [6.45, 7) is 4.80. The van der Waals surface area contributed by atoms with Crippen LogP contribution in [0.3, 0.4) is 0 Å². The molecule has 1 fully saturated rings. The number of amides is 2. The molecule has 1 saturated heterocycles. The van der Waals surface area contributed by atoms with Gasteiger partial charge in [0.25, 0.3) is 0 Å². The van der Waals surface area contributed by atoms with Crippen LogP contribution in [-0.2, 0) is 16.6 Å². The lowest BCUT2D eigenvalue weighted by Gasteiger charge is -2.16. The normalized spacial score (nSPS) is 20.9. The van der Waals surface area contributed by atoms with E-state index in [1.165, 1.54) is 6.08 Å². The maximum absolute atomic E-state index is 12.2. The maximum Gasteiger partial charge on any atom is 0.243 e. The molecule has 0 radical (unpaired) electrons.